The topological polar surface area (TPSA) is 49.7 Å². The standard InChI is InChI=1S/C23H30BCl2NO4/c1-8-29-20(28)13-17(24-30-22(4,5)23(6,7)31-24)16-12-14(2)27(15(16)3)19-11-9-10-18(25)21(19)26/h9-12,17H,8,13H2,1-7H3. The van der Waals surface area contributed by atoms with Crippen molar-refractivity contribution in [3.05, 3.63) is 51.3 Å². The Balaban J connectivity index is 2.08. The predicted octanol–water partition coefficient (Wildman–Crippen LogP) is 6.07. The predicted molar refractivity (Wildman–Crippen MR) is 125 cm³/mol. The molecule has 1 aliphatic rings. The largest absolute Gasteiger partial charge is 0.466 e. The lowest BCUT2D eigenvalue weighted by Crippen LogP contribution is -2.41. The van der Waals surface area contributed by atoms with Crippen LogP contribution in [0.5, 0.6) is 0 Å². The van der Waals surface area contributed by atoms with Gasteiger partial charge in [0.05, 0.1) is 40.0 Å². The van der Waals surface area contributed by atoms with Gasteiger partial charge in [-0.15, -0.1) is 0 Å². The third-order valence-corrected chi connectivity index (χ3v) is 7.14. The minimum Gasteiger partial charge on any atom is -0.466 e. The molecule has 5 nitrogen and oxygen atoms in total. The highest BCUT2D eigenvalue weighted by Gasteiger charge is 2.54. The van der Waals surface area contributed by atoms with Crippen molar-refractivity contribution in [1.29, 1.82) is 0 Å². The molecule has 1 aliphatic heterocycles. The van der Waals surface area contributed by atoms with Crippen LogP contribution in [0.2, 0.25) is 10.0 Å². The number of carbonyl (C=O) groups excluding carboxylic acids is 1. The Hall–Kier alpha value is -1.47. The summed E-state index contributed by atoms with van der Waals surface area (Å²) in [6.07, 6.45) is 0.151. The Bertz CT molecular complexity index is 970. The summed E-state index contributed by atoms with van der Waals surface area (Å²) in [6.45, 7) is 14.1. The van der Waals surface area contributed by atoms with Crippen molar-refractivity contribution in [2.45, 2.75) is 71.9 Å². The molecule has 3 rings (SSSR count). The monoisotopic (exact) mass is 465 g/mol. The van der Waals surface area contributed by atoms with Crippen LogP contribution in [0.15, 0.2) is 24.3 Å². The molecule has 0 saturated carbocycles. The summed E-state index contributed by atoms with van der Waals surface area (Å²) in [5, 5.41) is 0.970. The van der Waals surface area contributed by atoms with Gasteiger partial charge in [0.25, 0.3) is 0 Å². The van der Waals surface area contributed by atoms with Crippen molar-refractivity contribution in [1.82, 2.24) is 4.57 Å². The molecule has 31 heavy (non-hydrogen) atoms. The smallest absolute Gasteiger partial charge is 0.466 e. The zero-order valence-corrected chi connectivity index (χ0v) is 20.7. The van der Waals surface area contributed by atoms with Gasteiger partial charge >= 0.3 is 13.1 Å². The first-order valence-corrected chi connectivity index (χ1v) is 11.3. The van der Waals surface area contributed by atoms with Gasteiger partial charge in [-0.05, 0) is 72.2 Å². The number of esters is 1. The van der Waals surface area contributed by atoms with Crippen LogP contribution in [-0.2, 0) is 18.8 Å². The van der Waals surface area contributed by atoms with Crippen LogP contribution in [0.25, 0.3) is 5.69 Å². The molecule has 1 fully saturated rings. The summed E-state index contributed by atoms with van der Waals surface area (Å²) in [4.78, 5) is 12.5. The molecule has 0 N–H and O–H groups in total. The summed E-state index contributed by atoms with van der Waals surface area (Å²) in [6, 6.07) is 7.61. The van der Waals surface area contributed by atoms with Gasteiger partial charge in [0.2, 0.25) is 0 Å². The highest BCUT2D eigenvalue weighted by molar-refractivity contribution is 6.48. The maximum atomic E-state index is 12.5. The summed E-state index contributed by atoms with van der Waals surface area (Å²) in [5.41, 5.74) is 2.66. The molecule has 168 valence electrons. The lowest BCUT2D eigenvalue weighted by Gasteiger charge is -2.32. The zero-order chi connectivity index (χ0) is 23.1. The van der Waals surface area contributed by atoms with E-state index in [-0.39, 0.29) is 18.2 Å². The zero-order valence-electron chi connectivity index (χ0n) is 19.2. The third-order valence-electron chi connectivity index (χ3n) is 6.33. The van der Waals surface area contributed by atoms with Crippen molar-refractivity contribution in [2.24, 2.45) is 0 Å². The second-order valence-corrected chi connectivity index (χ2v) is 9.76. The quantitative estimate of drug-likeness (QED) is 0.383. The van der Waals surface area contributed by atoms with Crippen molar-refractivity contribution in [3.63, 3.8) is 0 Å². The minimum atomic E-state index is -0.585. The van der Waals surface area contributed by atoms with Crippen LogP contribution in [0.4, 0.5) is 0 Å². The van der Waals surface area contributed by atoms with Gasteiger partial charge in [-0.3, -0.25) is 4.79 Å². The second-order valence-electron chi connectivity index (χ2n) is 8.98. The first kappa shape index (κ1) is 24.2. The van der Waals surface area contributed by atoms with E-state index in [9.17, 15) is 4.79 Å². The lowest BCUT2D eigenvalue weighted by atomic mass is 9.66. The first-order chi connectivity index (χ1) is 14.4. The fourth-order valence-electron chi connectivity index (χ4n) is 4.00. The minimum absolute atomic E-state index is 0.151. The fourth-order valence-corrected chi connectivity index (χ4v) is 4.38. The molecule has 1 unspecified atom stereocenters. The average Bonchev–Trinajstić information content (AvgIpc) is 3.07. The van der Waals surface area contributed by atoms with Crippen LogP contribution in [-0.4, -0.2) is 35.5 Å². The van der Waals surface area contributed by atoms with Gasteiger partial charge in [0.15, 0.2) is 0 Å². The number of ether oxygens (including phenoxy) is 1. The second kappa shape index (κ2) is 8.82. The van der Waals surface area contributed by atoms with Crippen LogP contribution in [0, 0.1) is 13.8 Å². The van der Waals surface area contributed by atoms with E-state index in [0.717, 1.165) is 22.6 Å². The van der Waals surface area contributed by atoms with Crippen molar-refractivity contribution < 1.29 is 18.8 Å². The number of hydrogen-bond acceptors (Lipinski definition) is 4. The van der Waals surface area contributed by atoms with E-state index in [0.29, 0.717) is 16.7 Å². The van der Waals surface area contributed by atoms with Gasteiger partial charge in [-0.2, -0.15) is 0 Å². The Morgan fingerprint density at radius 2 is 1.77 bits per heavy atom. The Morgan fingerprint density at radius 3 is 2.35 bits per heavy atom. The first-order valence-electron chi connectivity index (χ1n) is 10.5. The molecule has 1 aromatic carbocycles. The van der Waals surface area contributed by atoms with E-state index in [1.165, 1.54) is 0 Å². The summed E-state index contributed by atoms with van der Waals surface area (Å²) >= 11 is 12.8. The molecule has 0 bridgehead atoms. The average molecular weight is 466 g/mol. The summed E-state index contributed by atoms with van der Waals surface area (Å²) in [7, 11) is -0.585. The number of aromatic nitrogens is 1. The number of carbonyl (C=O) groups is 1. The molecule has 8 heteroatoms. The molecular formula is C23H30BCl2NO4. The third kappa shape index (κ3) is 4.54. The Kier molecular flexibility index (Phi) is 6.88. The maximum Gasteiger partial charge on any atom is 0.466 e. The van der Waals surface area contributed by atoms with Gasteiger partial charge in [-0.25, -0.2) is 0 Å². The number of halogens is 2. The molecule has 2 aromatic rings. The van der Waals surface area contributed by atoms with Crippen molar-refractivity contribution >= 4 is 36.3 Å². The molecule has 0 radical (unpaired) electrons. The van der Waals surface area contributed by atoms with Crippen LogP contribution in [0.3, 0.4) is 0 Å². The van der Waals surface area contributed by atoms with Gasteiger partial charge < -0.3 is 18.6 Å². The number of aryl methyl sites for hydroxylation is 1. The van der Waals surface area contributed by atoms with Gasteiger partial charge in [0.1, 0.15) is 0 Å². The molecule has 1 atom stereocenters. The van der Waals surface area contributed by atoms with Crippen molar-refractivity contribution in [2.75, 3.05) is 6.61 Å². The number of nitrogens with zero attached hydrogens (tertiary/aromatic N) is 1. The van der Waals surface area contributed by atoms with E-state index in [1.807, 2.05) is 58.2 Å². The van der Waals surface area contributed by atoms with E-state index in [1.54, 1.807) is 13.0 Å². The van der Waals surface area contributed by atoms with E-state index >= 15 is 0 Å². The molecule has 2 heterocycles. The maximum absolute atomic E-state index is 12.5. The Morgan fingerprint density at radius 1 is 1.16 bits per heavy atom. The van der Waals surface area contributed by atoms with E-state index in [4.69, 9.17) is 37.2 Å². The van der Waals surface area contributed by atoms with Crippen molar-refractivity contribution in [3.8, 4) is 5.69 Å². The fraction of sp³-hybridized carbons (Fsp3) is 0.522. The number of rotatable bonds is 6. The SMILES string of the molecule is CCOC(=O)CC(B1OC(C)(C)C(C)(C)O1)c1cc(C)n(-c2cccc(Cl)c2Cl)c1C. The van der Waals surface area contributed by atoms with E-state index in [2.05, 4.69) is 6.07 Å². The van der Waals surface area contributed by atoms with Gasteiger partial charge in [-0.1, -0.05) is 29.3 Å². The van der Waals surface area contributed by atoms with Gasteiger partial charge in [0, 0.05) is 17.2 Å². The highest BCUT2D eigenvalue weighted by Crippen LogP contribution is 2.43. The summed E-state index contributed by atoms with van der Waals surface area (Å²) in [5.74, 6) is -0.620. The number of benzene rings is 1. The molecular weight excluding hydrogens is 436 g/mol. The lowest BCUT2D eigenvalue weighted by molar-refractivity contribution is -0.143. The molecule has 1 aromatic heterocycles. The van der Waals surface area contributed by atoms with Crippen LogP contribution < -0.4 is 0 Å². The molecule has 0 aliphatic carbocycles. The molecule has 1 saturated heterocycles. The Labute approximate surface area is 195 Å². The molecule has 0 spiro atoms. The normalized spacial score (nSPS) is 18.3. The summed E-state index contributed by atoms with van der Waals surface area (Å²) < 4.78 is 20.0. The van der Waals surface area contributed by atoms with Crippen LogP contribution >= 0.6 is 23.2 Å². The molecule has 0 amide bonds. The van der Waals surface area contributed by atoms with Crippen LogP contribution in [0.1, 0.15) is 63.8 Å². The van der Waals surface area contributed by atoms with E-state index < -0.39 is 18.3 Å². The number of hydrogen-bond donors (Lipinski definition) is 0. The highest BCUT2D eigenvalue weighted by atomic mass is 35.5.